The van der Waals surface area contributed by atoms with Gasteiger partial charge in [-0.3, -0.25) is 13.9 Å². The van der Waals surface area contributed by atoms with Gasteiger partial charge in [-0.15, -0.1) is 0 Å². The molecular formula is C23H27ClF3N3O5S. The van der Waals surface area contributed by atoms with Crippen LogP contribution >= 0.6 is 11.6 Å². The Kier molecular flexibility index (Phi) is 9.61. The number of halogens is 4. The van der Waals surface area contributed by atoms with Gasteiger partial charge in [0.1, 0.15) is 18.3 Å². The Morgan fingerprint density at radius 3 is 2.22 bits per heavy atom. The quantitative estimate of drug-likeness (QED) is 0.488. The largest absolute Gasteiger partial charge is 0.497 e. The third-order valence-electron chi connectivity index (χ3n) is 5.37. The van der Waals surface area contributed by atoms with Gasteiger partial charge in [0.2, 0.25) is 21.8 Å². The molecule has 0 saturated carbocycles. The van der Waals surface area contributed by atoms with E-state index in [0.29, 0.717) is 21.7 Å². The van der Waals surface area contributed by atoms with E-state index in [2.05, 4.69) is 5.32 Å². The van der Waals surface area contributed by atoms with Crippen LogP contribution in [0.3, 0.4) is 0 Å². The van der Waals surface area contributed by atoms with Crippen molar-refractivity contribution in [3.63, 3.8) is 0 Å². The molecule has 0 heterocycles. The van der Waals surface area contributed by atoms with Crippen LogP contribution in [0.25, 0.3) is 0 Å². The number of hydrogen-bond donors (Lipinski definition) is 1. The second kappa shape index (κ2) is 11.8. The predicted octanol–water partition coefficient (Wildman–Crippen LogP) is 3.69. The number of amides is 2. The molecule has 0 fully saturated rings. The van der Waals surface area contributed by atoms with E-state index < -0.39 is 51.2 Å². The minimum Gasteiger partial charge on any atom is -0.497 e. The van der Waals surface area contributed by atoms with E-state index in [1.54, 1.807) is 31.2 Å². The third-order valence-corrected chi connectivity index (χ3v) is 6.84. The molecule has 8 nitrogen and oxygen atoms in total. The number of carbonyl (C=O) groups excluding carboxylic acids is 2. The predicted molar refractivity (Wildman–Crippen MR) is 130 cm³/mol. The van der Waals surface area contributed by atoms with Crippen molar-refractivity contribution >= 4 is 39.1 Å². The van der Waals surface area contributed by atoms with Gasteiger partial charge in [0, 0.05) is 13.6 Å². The second-order valence-electron chi connectivity index (χ2n) is 7.84. The number of anilines is 1. The van der Waals surface area contributed by atoms with Crippen LogP contribution in [-0.2, 0) is 32.3 Å². The highest BCUT2D eigenvalue weighted by Crippen LogP contribution is 2.37. The van der Waals surface area contributed by atoms with Crippen LogP contribution in [0.5, 0.6) is 5.75 Å². The number of nitrogens with zero attached hydrogens (tertiary/aromatic N) is 2. The van der Waals surface area contributed by atoms with Gasteiger partial charge >= 0.3 is 6.18 Å². The van der Waals surface area contributed by atoms with E-state index in [-0.39, 0.29) is 18.7 Å². The van der Waals surface area contributed by atoms with Crippen LogP contribution in [0.2, 0.25) is 5.02 Å². The monoisotopic (exact) mass is 549 g/mol. The minimum absolute atomic E-state index is 0.0548. The van der Waals surface area contributed by atoms with Crippen LogP contribution in [0.1, 0.15) is 24.5 Å². The minimum atomic E-state index is -4.84. The van der Waals surface area contributed by atoms with Crippen LogP contribution in [-0.4, -0.2) is 58.1 Å². The summed E-state index contributed by atoms with van der Waals surface area (Å²) in [5, 5.41) is 1.86. The molecular weight excluding hydrogens is 523 g/mol. The lowest BCUT2D eigenvalue weighted by Gasteiger charge is -2.32. The molecule has 0 aliphatic rings. The molecule has 0 aliphatic heterocycles. The number of alkyl halides is 3. The van der Waals surface area contributed by atoms with Gasteiger partial charge in [0.15, 0.2) is 0 Å². The molecule has 2 rings (SSSR count). The Hall–Kier alpha value is -2.99. The summed E-state index contributed by atoms with van der Waals surface area (Å²) < 4.78 is 70.9. The molecule has 2 aromatic rings. The maximum atomic E-state index is 13.4. The van der Waals surface area contributed by atoms with E-state index in [1.807, 2.05) is 0 Å². The van der Waals surface area contributed by atoms with Gasteiger partial charge in [0.05, 0.1) is 29.6 Å². The van der Waals surface area contributed by atoms with Crippen LogP contribution in [0.4, 0.5) is 18.9 Å². The lowest BCUT2D eigenvalue weighted by Crippen LogP contribution is -2.51. The van der Waals surface area contributed by atoms with Crippen molar-refractivity contribution in [3.8, 4) is 5.75 Å². The number of rotatable bonds is 10. The highest BCUT2D eigenvalue weighted by Gasteiger charge is 2.36. The molecule has 0 aromatic heterocycles. The molecule has 1 N–H and O–H groups in total. The first kappa shape index (κ1) is 29.2. The van der Waals surface area contributed by atoms with Gasteiger partial charge < -0.3 is 15.0 Å². The number of carbonyl (C=O) groups is 2. The molecule has 1 unspecified atom stereocenters. The highest BCUT2D eigenvalue weighted by atomic mass is 35.5. The first-order valence-corrected chi connectivity index (χ1v) is 12.9. The number of ether oxygens (including phenoxy) is 1. The maximum Gasteiger partial charge on any atom is 0.417 e. The molecule has 2 amide bonds. The molecule has 13 heteroatoms. The van der Waals surface area contributed by atoms with Crippen molar-refractivity contribution in [1.29, 1.82) is 0 Å². The van der Waals surface area contributed by atoms with Gasteiger partial charge in [0.25, 0.3) is 0 Å². The molecule has 0 spiro atoms. The zero-order chi connectivity index (χ0) is 27.3. The van der Waals surface area contributed by atoms with Gasteiger partial charge in [-0.1, -0.05) is 30.7 Å². The highest BCUT2D eigenvalue weighted by molar-refractivity contribution is 7.92. The van der Waals surface area contributed by atoms with Crippen LogP contribution in [0.15, 0.2) is 42.5 Å². The van der Waals surface area contributed by atoms with E-state index in [1.165, 1.54) is 19.1 Å². The van der Waals surface area contributed by atoms with E-state index >= 15 is 0 Å². The number of nitrogens with one attached hydrogen (secondary N) is 1. The first-order chi connectivity index (χ1) is 16.7. The Morgan fingerprint density at radius 2 is 1.75 bits per heavy atom. The number of likely N-dealkylation sites (N-methyl/N-ethyl adjacent to an activating group) is 1. The zero-order valence-electron chi connectivity index (χ0n) is 20.1. The topological polar surface area (TPSA) is 96.0 Å². The molecule has 0 bridgehead atoms. The number of methoxy groups -OCH3 is 1. The summed E-state index contributed by atoms with van der Waals surface area (Å²) in [6.07, 6.45) is -3.86. The van der Waals surface area contributed by atoms with Crippen LogP contribution in [0, 0.1) is 0 Å². The average molecular weight is 550 g/mol. The Bertz CT molecular complexity index is 1190. The lowest BCUT2D eigenvalue weighted by molar-refractivity contribution is -0.140. The Labute approximate surface area is 213 Å². The molecule has 1 atom stereocenters. The van der Waals surface area contributed by atoms with E-state index in [0.717, 1.165) is 18.4 Å². The average Bonchev–Trinajstić information content (AvgIpc) is 2.81. The van der Waals surface area contributed by atoms with Crippen molar-refractivity contribution in [1.82, 2.24) is 10.2 Å². The van der Waals surface area contributed by atoms with E-state index in [4.69, 9.17) is 16.3 Å². The summed E-state index contributed by atoms with van der Waals surface area (Å²) in [7, 11) is -1.31. The number of hydrogen-bond acceptors (Lipinski definition) is 5. The zero-order valence-corrected chi connectivity index (χ0v) is 21.7. The Balaban J connectivity index is 2.50. The van der Waals surface area contributed by atoms with Crippen molar-refractivity contribution in [2.24, 2.45) is 0 Å². The fourth-order valence-corrected chi connectivity index (χ4v) is 4.58. The van der Waals surface area contributed by atoms with Gasteiger partial charge in [-0.05, 0) is 42.3 Å². The summed E-state index contributed by atoms with van der Waals surface area (Å²) in [5.74, 6) is -0.687. The third kappa shape index (κ3) is 7.26. The molecule has 2 aromatic carbocycles. The van der Waals surface area contributed by atoms with Crippen LogP contribution < -0.4 is 14.4 Å². The SMILES string of the molecule is CCC(C(=O)NC)N(Cc1ccc(OC)cc1)C(=O)CN(c1ccc(Cl)c(C(F)(F)F)c1)S(C)(=O)=O. The summed E-state index contributed by atoms with van der Waals surface area (Å²) in [6.45, 7) is 0.791. The smallest absolute Gasteiger partial charge is 0.417 e. The van der Waals surface area contributed by atoms with Crippen molar-refractivity contribution < 1.29 is 35.9 Å². The maximum absolute atomic E-state index is 13.4. The Morgan fingerprint density at radius 1 is 1.14 bits per heavy atom. The van der Waals surface area contributed by atoms with Crippen molar-refractivity contribution in [3.05, 3.63) is 58.6 Å². The lowest BCUT2D eigenvalue weighted by atomic mass is 10.1. The van der Waals surface area contributed by atoms with Gasteiger partial charge in [-0.2, -0.15) is 13.2 Å². The molecule has 0 saturated heterocycles. The normalized spacial score (nSPS) is 12.6. The molecule has 198 valence electrons. The van der Waals surface area contributed by atoms with Crippen molar-refractivity contribution in [2.75, 3.05) is 31.3 Å². The van der Waals surface area contributed by atoms with E-state index in [9.17, 15) is 31.2 Å². The fraction of sp³-hybridized carbons (Fsp3) is 0.391. The van der Waals surface area contributed by atoms with Gasteiger partial charge in [-0.25, -0.2) is 8.42 Å². The molecule has 0 radical (unpaired) electrons. The second-order valence-corrected chi connectivity index (χ2v) is 10.2. The van der Waals surface area contributed by atoms with Crippen molar-refractivity contribution in [2.45, 2.75) is 32.1 Å². The first-order valence-electron chi connectivity index (χ1n) is 10.7. The number of benzene rings is 2. The molecule has 36 heavy (non-hydrogen) atoms. The fourth-order valence-electron chi connectivity index (χ4n) is 3.51. The standard InChI is InChI=1S/C23H27ClF3N3O5S/c1-5-20(22(32)28-2)29(13-15-6-9-17(35-3)10-7-15)21(31)14-30(36(4,33)34)16-8-11-19(24)18(12-16)23(25,26)27/h6-12,20H,5,13-14H2,1-4H3,(H,28,32). The summed E-state index contributed by atoms with van der Waals surface area (Å²) >= 11 is 5.66. The summed E-state index contributed by atoms with van der Waals surface area (Å²) in [6, 6.07) is 8.29. The summed E-state index contributed by atoms with van der Waals surface area (Å²) in [5.41, 5.74) is -1.00. The summed E-state index contributed by atoms with van der Waals surface area (Å²) in [4.78, 5) is 27.2. The molecule has 0 aliphatic carbocycles. The number of sulfonamides is 1.